The van der Waals surface area contributed by atoms with Gasteiger partial charge in [-0.25, -0.2) is 14.7 Å². The van der Waals surface area contributed by atoms with Gasteiger partial charge in [0.05, 0.1) is 17.6 Å². The zero-order chi connectivity index (χ0) is 24.1. The molecular formula is C23H35N7O3S. The van der Waals surface area contributed by atoms with Gasteiger partial charge in [-0.05, 0) is 25.5 Å². The number of nitrogens with zero attached hydrogens (tertiary/aromatic N) is 5. The first kappa shape index (κ1) is 24.8. The van der Waals surface area contributed by atoms with Crippen LogP contribution in [-0.4, -0.2) is 85.1 Å². The zero-order valence-electron chi connectivity index (χ0n) is 20.0. The van der Waals surface area contributed by atoms with Crippen molar-refractivity contribution in [3.8, 4) is 0 Å². The van der Waals surface area contributed by atoms with Crippen LogP contribution < -0.4 is 10.5 Å². The lowest BCUT2D eigenvalue weighted by molar-refractivity contribution is 0.195. The van der Waals surface area contributed by atoms with Gasteiger partial charge in [0, 0.05) is 58.2 Å². The number of methoxy groups -OCH3 is 1. The van der Waals surface area contributed by atoms with E-state index in [9.17, 15) is 8.42 Å². The van der Waals surface area contributed by atoms with Crippen molar-refractivity contribution >= 4 is 38.0 Å². The second-order valence-electron chi connectivity index (χ2n) is 8.57. The average molecular weight is 490 g/mol. The minimum Gasteiger partial charge on any atom is -0.384 e. The van der Waals surface area contributed by atoms with E-state index in [2.05, 4.69) is 26.1 Å². The van der Waals surface area contributed by atoms with Crippen LogP contribution in [0.5, 0.6) is 0 Å². The molecule has 10 nitrogen and oxygen atoms in total. The molecule has 0 aliphatic carbocycles. The molecule has 3 heterocycles. The Labute approximate surface area is 201 Å². The summed E-state index contributed by atoms with van der Waals surface area (Å²) < 4.78 is 37.1. The van der Waals surface area contributed by atoms with Crippen molar-refractivity contribution in [1.82, 2.24) is 28.5 Å². The third-order valence-electron chi connectivity index (χ3n) is 6.43. The van der Waals surface area contributed by atoms with E-state index in [1.54, 1.807) is 11.4 Å². The normalized spacial score (nSPS) is 16.1. The number of nitrogen functional groups attached to an aromatic ring is 1. The lowest BCUT2D eigenvalue weighted by atomic mass is 10.2. The summed E-state index contributed by atoms with van der Waals surface area (Å²) in [5.74, 6) is 1.32. The van der Waals surface area contributed by atoms with Crippen molar-refractivity contribution in [3.05, 3.63) is 30.1 Å². The summed E-state index contributed by atoms with van der Waals surface area (Å²) in [6, 6.07) is 7.92. The molecule has 0 spiro atoms. The minimum absolute atomic E-state index is 0.404. The molecule has 3 aromatic rings. The molecule has 34 heavy (non-hydrogen) atoms. The van der Waals surface area contributed by atoms with E-state index in [4.69, 9.17) is 15.5 Å². The van der Waals surface area contributed by atoms with Crippen molar-refractivity contribution in [2.45, 2.75) is 32.7 Å². The van der Waals surface area contributed by atoms with Crippen LogP contribution in [0, 0.1) is 0 Å². The summed E-state index contributed by atoms with van der Waals surface area (Å²) in [4.78, 5) is 11.6. The predicted molar refractivity (Wildman–Crippen MR) is 135 cm³/mol. The van der Waals surface area contributed by atoms with E-state index >= 15 is 0 Å². The molecule has 0 unspecified atom stereocenters. The SMILES string of the molecule is CCN1CCN(S(=O)(=O)NCCCCn2c(CCOC)nc3c(N)nc4ccccc4c32)CC1. The first-order valence-corrected chi connectivity index (χ1v) is 13.4. The van der Waals surface area contributed by atoms with Gasteiger partial charge in [0.15, 0.2) is 5.82 Å². The summed E-state index contributed by atoms with van der Waals surface area (Å²) in [5.41, 5.74) is 8.76. The van der Waals surface area contributed by atoms with Gasteiger partial charge in [-0.1, -0.05) is 25.1 Å². The Bertz CT molecular complexity index is 1220. The van der Waals surface area contributed by atoms with Gasteiger partial charge in [0.1, 0.15) is 11.3 Å². The molecule has 1 aliphatic rings. The number of nitrogens with two attached hydrogens (primary N) is 1. The van der Waals surface area contributed by atoms with Crippen molar-refractivity contribution < 1.29 is 13.2 Å². The Morgan fingerprint density at radius 1 is 1.12 bits per heavy atom. The van der Waals surface area contributed by atoms with E-state index in [-0.39, 0.29) is 0 Å². The highest BCUT2D eigenvalue weighted by molar-refractivity contribution is 7.87. The molecule has 1 aromatic carbocycles. The summed E-state index contributed by atoms with van der Waals surface area (Å²) in [5, 5.41) is 1.01. The second-order valence-corrected chi connectivity index (χ2v) is 10.3. The average Bonchev–Trinajstić information content (AvgIpc) is 3.22. The van der Waals surface area contributed by atoms with Gasteiger partial charge in [-0.2, -0.15) is 12.7 Å². The number of nitrogens with one attached hydrogen (secondary N) is 1. The fraction of sp³-hybridized carbons (Fsp3) is 0.565. The Morgan fingerprint density at radius 2 is 1.88 bits per heavy atom. The maximum Gasteiger partial charge on any atom is 0.279 e. The lowest BCUT2D eigenvalue weighted by Gasteiger charge is -2.33. The second kappa shape index (κ2) is 11.0. The third kappa shape index (κ3) is 5.33. The number of aromatic nitrogens is 3. The van der Waals surface area contributed by atoms with E-state index < -0.39 is 10.2 Å². The number of likely N-dealkylation sites (N-methyl/N-ethyl adjacent to an activating group) is 1. The number of pyridine rings is 1. The molecule has 1 fully saturated rings. The van der Waals surface area contributed by atoms with Crippen molar-refractivity contribution in [3.63, 3.8) is 0 Å². The van der Waals surface area contributed by atoms with Crippen LogP contribution in [0.15, 0.2) is 24.3 Å². The number of aryl methyl sites for hydroxylation is 1. The minimum atomic E-state index is -3.44. The number of fused-ring (bicyclic) bond motifs is 3. The Balaban J connectivity index is 1.43. The standard InChI is InChI=1S/C23H35N7O3S/c1-3-28-13-15-29(16-14-28)34(31,32)25-11-6-7-12-30-20(10-17-33-2)27-21-22(30)18-8-4-5-9-19(18)26-23(21)24/h4-5,8-9,25H,3,6-7,10-17H2,1-2H3,(H2,24,26). The van der Waals surface area contributed by atoms with Crippen LogP contribution >= 0.6 is 0 Å². The van der Waals surface area contributed by atoms with Crippen molar-refractivity contribution in [2.75, 3.05) is 58.7 Å². The smallest absolute Gasteiger partial charge is 0.279 e. The molecule has 11 heteroatoms. The van der Waals surface area contributed by atoms with Gasteiger partial charge in [-0.3, -0.25) is 0 Å². The Hall–Kier alpha value is -2.31. The number of hydrogen-bond donors (Lipinski definition) is 2. The third-order valence-corrected chi connectivity index (χ3v) is 8.04. The van der Waals surface area contributed by atoms with Crippen LogP contribution in [0.4, 0.5) is 5.82 Å². The maximum absolute atomic E-state index is 12.6. The van der Waals surface area contributed by atoms with E-state index in [0.717, 1.165) is 54.7 Å². The Morgan fingerprint density at radius 3 is 2.62 bits per heavy atom. The van der Waals surface area contributed by atoms with Gasteiger partial charge in [-0.15, -0.1) is 0 Å². The molecule has 0 saturated carbocycles. The fourth-order valence-electron chi connectivity index (χ4n) is 4.50. The van der Waals surface area contributed by atoms with Gasteiger partial charge in [0.2, 0.25) is 0 Å². The van der Waals surface area contributed by atoms with E-state index in [0.29, 0.717) is 50.5 Å². The molecule has 1 saturated heterocycles. The zero-order valence-corrected chi connectivity index (χ0v) is 20.9. The first-order valence-electron chi connectivity index (χ1n) is 11.9. The number of unbranched alkanes of at least 4 members (excludes halogenated alkanes) is 1. The first-order chi connectivity index (χ1) is 16.4. The molecule has 1 aliphatic heterocycles. The number of benzene rings is 1. The highest BCUT2D eigenvalue weighted by Gasteiger charge is 2.25. The predicted octanol–water partition coefficient (Wildman–Crippen LogP) is 1.61. The van der Waals surface area contributed by atoms with Gasteiger partial charge in [0.25, 0.3) is 10.2 Å². The lowest BCUT2D eigenvalue weighted by Crippen LogP contribution is -2.51. The summed E-state index contributed by atoms with van der Waals surface area (Å²) in [6.07, 6.45) is 2.18. The number of para-hydroxylation sites is 1. The highest BCUT2D eigenvalue weighted by atomic mass is 32.2. The van der Waals surface area contributed by atoms with Crippen LogP contribution in [-0.2, 0) is 27.9 Å². The fourth-order valence-corrected chi connectivity index (χ4v) is 5.73. The Kier molecular flexibility index (Phi) is 7.99. The van der Waals surface area contributed by atoms with Crippen LogP contribution in [0.1, 0.15) is 25.6 Å². The quantitative estimate of drug-likeness (QED) is 0.393. The number of ether oxygens (including phenoxy) is 1. The topological polar surface area (TPSA) is 119 Å². The summed E-state index contributed by atoms with van der Waals surface area (Å²) in [7, 11) is -1.77. The summed E-state index contributed by atoms with van der Waals surface area (Å²) >= 11 is 0. The molecule has 3 N–H and O–H groups in total. The van der Waals surface area contributed by atoms with Gasteiger partial charge < -0.3 is 19.9 Å². The van der Waals surface area contributed by atoms with E-state index in [1.807, 2.05) is 24.3 Å². The number of rotatable bonds is 11. The molecule has 0 amide bonds. The molecule has 2 aromatic heterocycles. The molecular weight excluding hydrogens is 454 g/mol. The van der Waals surface area contributed by atoms with Crippen LogP contribution in [0.25, 0.3) is 21.9 Å². The number of hydrogen-bond acceptors (Lipinski definition) is 7. The largest absolute Gasteiger partial charge is 0.384 e. The van der Waals surface area contributed by atoms with Crippen LogP contribution in [0.2, 0.25) is 0 Å². The number of piperazine rings is 1. The number of anilines is 1. The number of imidazole rings is 1. The highest BCUT2D eigenvalue weighted by Crippen LogP contribution is 2.29. The van der Waals surface area contributed by atoms with E-state index in [1.165, 1.54) is 0 Å². The van der Waals surface area contributed by atoms with Crippen molar-refractivity contribution in [2.24, 2.45) is 0 Å². The molecule has 186 valence electrons. The van der Waals surface area contributed by atoms with Gasteiger partial charge >= 0.3 is 0 Å². The molecule has 0 radical (unpaired) electrons. The molecule has 0 atom stereocenters. The maximum atomic E-state index is 12.6. The van der Waals surface area contributed by atoms with Crippen LogP contribution in [0.3, 0.4) is 0 Å². The molecule has 0 bridgehead atoms. The van der Waals surface area contributed by atoms with Crippen molar-refractivity contribution in [1.29, 1.82) is 0 Å². The monoisotopic (exact) mass is 489 g/mol. The summed E-state index contributed by atoms with van der Waals surface area (Å²) in [6.45, 7) is 7.35. The molecule has 4 rings (SSSR count).